The van der Waals surface area contributed by atoms with Crippen LogP contribution in [0.15, 0.2) is 59.9 Å². The molecule has 0 atom stereocenters. The van der Waals surface area contributed by atoms with E-state index < -0.39 is 0 Å². The molecule has 0 saturated heterocycles. The highest BCUT2D eigenvalue weighted by molar-refractivity contribution is 5.94. The van der Waals surface area contributed by atoms with E-state index in [9.17, 15) is 4.79 Å². The summed E-state index contributed by atoms with van der Waals surface area (Å²) in [5, 5.41) is 3.50. The lowest BCUT2D eigenvalue weighted by Gasteiger charge is -2.01. The van der Waals surface area contributed by atoms with Crippen LogP contribution in [-0.2, 0) is 0 Å². The summed E-state index contributed by atoms with van der Waals surface area (Å²) >= 11 is 0. The van der Waals surface area contributed by atoms with E-state index in [1.807, 2.05) is 12.1 Å². The molecule has 0 aliphatic rings. The molecule has 5 nitrogen and oxygen atoms in total. The van der Waals surface area contributed by atoms with E-state index >= 15 is 0 Å². The van der Waals surface area contributed by atoms with Gasteiger partial charge < -0.3 is 4.74 Å². The van der Waals surface area contributed by atoms with Crippen LogP contribution in [0.25, 0.3) is 16.5 Å². The molecule has 0 heterocycles. The normalized spacial score (nSPS) is 10.1. The first-order valence-corrected chi connectivity index (χ1v) is 6.28. The van der Waals surface area contributed by atoms with E-state index in [1.165, 1.54) is 6.92 Å². The Morgan fingerprint density at radius 3 is 2.38 bits per heavy atom. The molecule has 2 aromatic rings. The third-order valence-corrected chi connectivity index (χ3v) is 2.78. The first kappa shape index (κ1) is 14.4. The van der Waals surface area contributed by atoms with Crippen LogP contribution in [0.1, 0.15) is 22.8 Å². The number of Topliss-reactive ketones (excluding diaryl/α,β-unsaturated/α-hetero) is 1. The van der Waals surface area contributed by atoms with Crippen LogP contribution in [0, 0.1) is 0 Å². The van der Waals surface area contributed by atoms with Crippen molar-refractivity contribution < 1.29 is 9.53 Å². The van der Waals surface area contributed by atoms with Gasteiger partial charge in [0.1, 0.15) is 5.75 Å². The first-order chi connectivity index (χ1) is 10.2. The minimum atomic E-state index is 0.0252. The first-order valence-electron chi connectivity index (χ1n) is 6.28. The lowest BCUT2D eigenvalue weighted by Crippen LogP contribution is -1.91. The van der Waals surface area contributed by atoms with Crippen molar-refractivity contribution in [3.8, 4) is 5.75 Å². The molecule has 0 bridgehead atoms. The summed E-state index contributed by atoms with van der Waals surface area (Å²) in [4.78, 5) is 13.9. The second-order valence-corrected chi connectivity index (χ2v) is 4.28. The van der Waals surface area contributed by atoms with E-state index in [2.05, 4.69) is 10.0 Å². The molecule has 0 radical (unpaired) electrons. The van der Waals surface area contributed by atoms with Crippen molar-refractivity contribution in [2.45, 2.75) is 6.92 Å². The van der Waals surface area contributed by atoms with E-state index in [4.69, 9.17) is 10.3 Å². The largest absolute Gasteiger partial charge is 0.465 e. The predicted octanol–water partition coefficient (Wildman–Crippen LogP) is 4.88. The van der Waals surface area contributed by atoms with Gasteiger partial charge in [-0.15, -0.1) is 0 Å². The quantitative estimate of drug-likeness (QED) is 0.257. The summed E-state index contributed by atoms with van der Waals surface area (Å²) in [5.41, 5.74) is 10.5. The summed E-state index contributed by atoms with van der Waals surface area (Å²) in [5.74, 6) is 0.680. The maximum absolute atomic E-state index is 11.1. The number of carbonyl (C=O) groups is 1. The lowest BCUT2D eigenvalue weighted by molar-refractivity contribution is 0.101. The van der Waals surface area contributed by atoms with Gasteiger partial charge in [-0.2, -0.15) is 0 Å². The zero-order valence-electron chi connectivity index (χ0n) is 11.4. The Kier molecular flexibility index (Phi) is 4.75. The smallest absolute Gasteiger partial charge is 0.159 e. The monoisotopic (exact) mass is 279 g/mol. The summed E-state index contributed by atoms with van der Waals surface area (Å²) in [6, 6.07) is 14.0. The van der Waals surface area contributed by atoms with Gasteiger partial charge in [0.15, 0.2) is 5.78 Å². The molecule has 2 rings (SSSR count). The zero-order valence-corrected chi connectivity index (χ0v) is 11.4. The summed E-state index contributed by atoms with van der Waals surface area (Å²) in [6.07, 6.45) is 3.35. The van der Waals surface area contributed by atoms with Gasteiger partial charge in [-0.3, -0.25) is 4.79 Å². The van der Waals surface area contributed by atoms with Crippen molar-refractivity contribution in [3.05, 3.63) is 76.4 Å². The SMILES string of the molecule is CC(=O)c1ccc(OC=Cc2ccc(N=[N+]=[N-])cc2)cc1. The van der Waals surface area contributed by atoms with Crippen molar-refractivity contribution in [2.24, 2.45) is 5.11 Å². The molecule has 0 saturated carbocycles. The molecule has 5 heteroatoms. The van der Waals surface area contributed by atoms with E-state index in [0.717, 1.165) is 5.56 Å². The summed E-state index contributed by atoms with van der Waals surface area (Å²) in [7, 11) is 0. The van der Waals surface area contributed by atoms with Gasteiger partial charge in [0.05, 0.1) is 6.26 Å². The van der Waals surface area contributed by atoms with Crippen LogP contribution in [0.3, 0.4) is 0 Å². The second kappa shape index (κ2) is 6.93. The number of nitrogens with zero attached hydrogens (tertiary/aromatic N) is 3. The van der Waals surface area contributed by atoms with Crippen molar-refractivity contribution in [1.29, 1.82) is 0 Å². The molecule has 0 aromatic heterocycles. The fourth-order valence-electron chi connectivity index (χ4n) is 1.66. The van der Waals surface area contributed by atoms with Crippen LogP contribution in [0.4, 0.5) is 5.69 Å². The Morgan fingerprint density at radius 1 is 1.14 bits per heavy atom. The van der Waals surface area contributed by atoms with Crippen LogP contribution >= 0.6 is 0 Å². The molecule has 0 unspecified atom stereocenters. The molecule has 0 N–H and O–H groups in total. The molecular formula is C16H13N3O2. The number of azide groups is 1. The highest BCUT2D eigenvalue weighted by atomic mass is 16.5. The Labute approximate surface area is 122 Å². The van der Waals surface area contributed by atoms with Crippen LogP contribution < -0.4 is 4.74 Å². The van der Waals surface area contributed by atoms with Gasteiger partial charge in [-0.1, -0.05) is 29.4 Å². The number of ether oxygens (including phenoxy) is 1. The maximum atomic E-state index is 11.1. The van der Waals surface area contributed by atoms with Crippen LogP contribution in [0.5, 0.6) is 5.75 Å². The minimum Gasteiger partial charge on any atom is -0.465 e. The maximum Gasteiger partial charge on any atom is 0.159 e. The molecule has 2 aromatic carbocycles. The van der Waals surface area contributed by atoms with Gasteiger partial charge in [0.25, 0.3) is 0 Å². The predicted molar refractivity (Wildman–Crippen MR) is 81.4 cm³/mol. The van der Waals surface area contributed by atoms with E-state index in [0.29, 0.717) is 17.0 Å². The van der Waals surface area contributed by atoms with Gasteiger partial charge in [-0.25, -0.2) is 0 Å². The molecule has 0 aliphatic carbocycles. The number of benzene rings is 2. The molecule has 0 amide bonds. The third kappa shape index (κ3) is 4.23. The van der Waals surface area contributed by atoms with Crippen molar-refractivity contribution in [3.63, 3.8) is 0 Å². The third-order valence-electron chi connectivity index (χ3n) is 2.78. The van der Waals surface area contributed by atoms with Crippen molar-refractivity contribution >= 4 is 17.5 Å². The van der Waals surface area contributed by atoms with Crippen molar-refractivity contribution in [1.82, 2.24) is 0 Å². The average molecular weight is 279 g/mol. The number of rotatable bonds is 5. The number of carbonyl (C=O) groups excluding carboxylic acids is 1. The molecule has 104 valence electrons. The van der Waals surface area contributed by atoms with E-state index in [1.54, 1.807) is 48.7 Å². The fourth-order valence-corrected chi connectivity index (χ4v) is 1.66. The molecule has 0 fully saturated rings. The van der Waals surface area contributed by atoms with Crippen molar-refractivity contribution in [2.75, 3.05) is 0 Å². The van der Waals surface area contributed by atoms with Gasteiger partial charge in [-0.05, 0) is 48.4 Å². The minimum absolute atomic E-state index is 0.0252. The van der Waals surface area contributed by atoms with Crippen LogP contribution in [-0.4, -0.2) is 5.78 Å². The number of ketones is 1. The summed E-state index contributed by atoms with van der Waals surface area (Å²) < 4.78 is 5.45. The Bertz CT molecular complexity index is 697. The number of hydrogen-bond acceptors (Lipinski definition) is 3. The topological polar surface area (TPSA) is 75.1 Å². The highest BCUT2D eigenvalue weighted by Crippen LogP contribution is 2.16. The summed E-state index contributed by atoms with van der Waals surface area (Å²) in [6.45, 7) is 1.52. The molecule has 0 aliphatic heterocycles. The van der Waals surface area contributed by atoms with Gasteiger partial charge in [0, 0.05) is 16.2 Å². The Balaban J connectivity index is 1.98. The molecule has 21 heavy (non-hydrogen) atoms. The molecule has 0 spiro atoms. The number of hydrogen-bond donors (Lipinski definition) is 0. The zero-order chi connectivity index (χ0) is 15.1. The van der Waals surface area contributed by atoms with Crippen LogP contribution in [0.2, 0.25) is 0 Å². The molecular weight excluding hydrogens is 266 g/mol. The van der Waals surface area contributed by atoms with Gasteiger partial charge >= 0.3 is 0 Å². The highest BCUT2D eigenvalue weighted by Gasteiger charge is 1.98. The van der Waals surface area contributed by atoms with Gasteiger partial charge in [0.2, 0.25) is 0 Å². The average Bonchev–Trinajstić information content (AvgIpc) is 2.50. The second-order valence-electron chi connectivity index (χ2n) is 4.28. The standard InChI is InChI=1S/C16H13N3O2/c1-12(20)14-4-8-16(9-5-14)21-11-10-13-2-6-15(7-3-13)18-19-17/h2-11H,1H3. The Morgan fingerprint density at radius 2 is 1.81 bits per heavy atom. The Hall–Kier alpha value is -3.04. The fraction of sp³-hybridized carbons (Fsp3) is 0.0625. The van der Waals surface area contributed by atoms with E-state index in [-0.39, 0.29) is 5.78 Å². The lowest BCUT2D eigenvalue weighted by atomic mass is 10.1.